The summed E-state index contributed by atoms with van der Waals surface area (Å²) in [5.41, 5.74) is 1.54. The van der Waals surface area contributed by atoms with E-state index in [1.807, 2.05) is 0 Å². The monoisotopic (exact) mass is 415 g/mol. The zero-order valence-electron chi connectivity index (χ0n) is 14.5. The molecule has 1 N–H and O–H groups in total. The highest BCUT2D eigenvalue weighted by molar-refractivity contribution is 7.13. The SMILES string of the molecule is Cl.O=C(Nc1ncsc1-c1cccc(F)c1F)OCC1CN2CCC1CC2. The largest absolute Gasteiger partial charge is 0.449 e. The number of fused-ring (bicyclic) bond motifs is 3. The molecule has 3 saturated heterocycles. The molecule has 3 fully saturated rings. The average Bonchev–Trinajstić information content (AvgIpc) is 3.11. The van der Waals surface area contributed by atoms with Crippen molar-refractivity contribution in [3.8, 4) is 10.4 Å². The molecule has 0 radical (unpaired) electrons. The van der Waals surface area contributed by atoms with Crippen LogP contribution in [0.15, 0.2) is 23.7 Å². The Labute approximate surface area is 166 Å². The van der Waals surface area contributed by atoms with E-state index < -0.39 is 17.7 Å². The van der Waals surface area contributed by atoms with Gasteiger partial charge in [-0.2, -0.15) is 0 Å². The van der Waals surface area contributed by atoms with Crippen molar-refractivity contribution in [1.29, 1.82) is 0 Å². The van der Waals surface area contributed by atoms with Gasteiger partial charge < -0.3 is 9.64 Å². The highest BCUT2D eigenvalue weighted by Crippen LogP contribution is 2.35. The molecule has 2 bridgehead atoms. The van der Waals surface area contributed by atoms with Crippen LogP contribution < -0.4 is 5.32 Å². The summed E-state index contributed by atoms with van der Waals surface area (Å²) in [6.45, 7) is 3.60. The van der Waals surface area contributed by atoms with Crippen LogP contribution in [-0.2, 0) is 4.74 Å². The van der Waals surface area contributed by atoms with Gasteiger partial charge in [-0.05, 0) is 37.9 Å². The molecule has 1 unspecified atom stereocenters. The number of benzene rings is 1. The van der Waals surface area contributed by atoms with Crippen LogP contribution in [0.25, 0.3) is 10.4 Å². The van der Waals surface area contributed by atoms with Crippen molar-refractivity contribution in [2.24, 2.45) is 11.8 Å². The van der Waals surface area contributed by atoms with Crippen molar-refractivity contribution in [1.82, 2.24) is 9.88 Å². The van der Waals surface area contributed by atoms with E-state index in [4.69, 9.17) is 4.74 Å². The molecule has 1 amide bonds. The minimum atomic E-state index is -0.958. The molecular weight excluding hydrogens is 396 g/mol. The van der Waals surface area contributed by atoms with E-state index in [1.54, 1.807) is 0 Å². The Morgan fingerprint density at radius 3 is 2.81 bits per heavy atom. The van der Waals surface area contributed by atoms with E-state index in [9.17, 15) is 13.6 Å². The molecular formula is C18H20ClF2N3O2S. The fourth-order valence-electron chi connectivity index (χ4n) is 3.80. The lowest BCUT2D eigenvalue weighted by Gasteiger charge is -2.44. The van der Waals surface area contributed by atoms with Gasteiger partial charge >= 0.3 is 6.09 Å². The van der Waals surface area contributed by atoms with Crippen LogP contribution in [0.1, 0.15) is 12.8 Å². The van der Waals surface area contributed by atoms with Crippen LogP contribution >= 0.6 is 23.7 Å². The smallest absolute Gasteiger partial charge is 0.412 e. The second kappa shape index (κ2) is 8.50. The number of thiazole rings is 1. The summed E-state index contributed by atoms with van der Waals surface area (Å²) in [4.78, 5) is 19.0. The molecule has 0 saturated carbocycles. The lowest BCUT2D eigenvalue weighted by Crippen LogP contribution is -2.49. The third-order valence-corrected chi connectivity index (χ3v) is 6.06. The first kappa shape index (κ1) is 20.0. The number of hydrogen-bond acceptors (Lipinski definition) is 5. The van der Waals surface area contributed by atoms with E-state index >= 15 is 0 Å². The van der Waals surface area contributed by atoms with Crippen molar-refractivity contribution in [2.75, 3.05) is 31.6 Å². The van der Waals surface area contributed by atoms with Gasteiger partial charge in [0.05, 0.1) is 17.0 Å². The summed E-state index contributed by atoms with van der Waals surface area (Å²) >= 11 is 1.13. The minimum absolute atomic E-state index is 0. The zero-order valence-corrected chi connectivity index (χ0v) is 16.1. The normalized spacial score (nSPS) is 23.6. The number of nitrogens with one attached hydrogen (secondary N) is 1. The van der Waals surface area contributed by atoms with Crippen LogP contribution in [0.4, 0.5) is 19.4 Å². The van der Waals surface area contributed by atoms with E-state index in [1.165, 1.54) is 17.6 Å². The summed E-state index contributed by atoms with van der Waals surface area (Å²) in [5, 5.41) is 2.55. The molecule has 3 aliphatic heterocycles. The molecule has 1 aromatic heterocycles. The standard InChI is InChI=1S/C18H19F2N3O2S.ClH/c19-14-3-1-2-13(15(14)20)16-17(21-10-26-16)22-18(24)25-9-12-8-23-6-4-11(12)5-7-23;/h1-3,10-12H,4-9H2,(H,22,24);1H. The van der Waals surface area contributed by atoms with E-state index in [-0.39, 0.29) is 23.8 Å². The van der Waals surface area contributed by atoms with Gasteiger partial charge in [0.25, 0.3) is 0 Å². The number of ether oxygens (including phenoxy) is 1. The number of amides is 1. The van der Waals surface area contributed by atoms with Gasteiger partial charge in [-0.3, -0.25) is 5.32 Å². The van der Waals surface area contributed by atoms with Gasteiger partial charge in [0, 0.05) is 18.0 Å². The van der Waals surface area contributed by atoms with Crippen molar-refractivity contribution in [3.05, 3.63) is 35.3 Å². The van der Waals surface area contributed by atoms with Crippen LogP contribution in [-0.4, -0.2) is 42.2 Å². The second-order valence-electron chi connectivity index (χ2n) is 6.75. The second-order valence-corrected chi connectivity index (χ2v) is 7.61. The molecule has 1 atom stereocenters. The lowest BCUT2D eigenvalue weighted by molar-refractivity contribution is 0.0151. The first-order chi connectivity index (χ1) is 12.6. The maximum Gasteiger partial charge on any atom is 0.412 e. The fraction of sp³-hybridized carbons (Fsp3) is 0.444. The van der Waals surface area contributed by atoms with Crippen LogP contribution in [0.3, 0.4) is 0 Å². The number of piperidine rings is 3. The lowest BCUT2D eigenvalue weighted by atomic mass is 9.79. The van der Waals surface area contributed by atoms with E-state index in [0.717, 1.165) is 49.9 Å². The van der Waals surface area contributed by atoms with Crippen LogP contribution in [0.5, 0.6) is 0 Å². The van der Waals surface area contributed by atoms with Gasteiger partial charge in [-0.15, -0.1) is 23.7 Å². The highest BCUT2D eigenvalue weighted by Gasteiger charge is 2.34. The first-order valence-electron chi connectivity index (χ1n) is 8.66. The molecule has 146 valence electrons. The third kappa shape index (κ3) is 4.23. The Kier molecular flexibility index (Phi) is 6.29. The number of aromatic nitrogens is 1. The van der Waals surface area contributed by atoms with Crippen LogP contribution in [0.2, 0.25) is 0 Å². The van der Waals surface area contributed by atoms with Gasteiger partial charge in [-0.1, -0.05) is 12.1 Å². The molecule has 1 aromatic carbocycles. The molecule has 0 spiro atoms. The predicted molar refractivity (Wildman–Crippen MR) is 102 cm³/mol. The van der Waals surface area contributed by atoms with Gasteiger partial charge in [-0.25, -0.2) is 18.6 Å². The summed E-state index contributed by atoms with van der Waals surface area (Å²) in [7, 11) is 0. The number of rotatable bonds is 4. The average molecular weight is 416 g/mol. The maximum atomic E-state index is 14.0. The Bertz CT molecular complexity index is 812. The summed E-state index contributed by atoms with van der Waals surface area (Å²) in [6.07, 6.45) is 1.69. The quantitative estimate of drug-likeness (QED) is 0.804. The Morgan fingerprint density at radius 1 is 1.33 bits per heavy atom. The number of carbonyl (C=O) groups excluding carboxylic acids is 1. The number of halogens is 3. The third-order valence-electron chi connectivity index (χ3n) is 5.20. The molecule has 3 aliphatic rings. The fourth-order valence-corrected chi connectivity index (χ4v) is 4.56. The topological polar surface area (TPSA) is 54.5 Å². The summed E-state index contributed by atoms with van der Waals surface area (Å²) < 4.78 is 32.8. The number of hydrogen-bond donors (Lipinski definition) is 1. The zero-order chi connectivity index (χ0) is 18.1. The first-order valence-corrected chi connectivity index (χ1v) is 9.54. The Hall–Kier alpha value is -1.77. The van der Waals surface area contributed by atoms with Crippen LogP contribution in [0, 0.1) is 23.5 Å². The van der Waals surface area contributed by atoms with Gasteiger partial charge in [0.1, 0.15) is 0 Å². The Balaban J connectivity index is 0.00000210. The molecule has 2 aromatic rings. The molecule has 5 rings (SSSR count). The number of carbonyl (C=O) groups is 1. The van der Waals surface area contributed by atoms with Crippen molar-refractivity contribution >= 4 is 35.7 Å². The van der Waals surface area contributed by atoms with Gasteiger partial charge in [0.15, 0.2) is 17.5 Å². The molecule has 9 heteroatoms. The van der Waals surface area contributed by atoms with Crippen molar-refractivity contribution in [2.45, 2.75) is 12.8 Å². The van der Waals surface area contributed by atoms with Crippen molar-refractivity contribution in [3.63, 3.8) is 0 Å². The maximum absolute atomic E-state index is 14.0. The summed E-state index contributed by atoms with van der Waals surface area (Å²) in [5.74, 6) is -0.742. The molecule has 0 aliphatic carbocycles. The number of nitrogens with zero attached hydrogens (tertiary/aromatic N) is 2. The van der Waals surface area contributed by atoms with Crippen molar-refractivity contribution < 1.29 is 18.3 Å². The van der Waals surface area contributed by atoms with E-state index in [0.29, 0.717) is 23.3 Å². The predicted octanol–water partition coefficient (Wildman–Crippen LogP) is 4.40. The summed E-state index contributed by atoms with van der Waals surface area (Å²) in [6, 6.07) is 3.92. The Morgan fingerprint density at radius 2 is 2.11 bits per heavy atom. The van der Waals surface area contributed by atoms with Gasteiger partial charge in [0.2, 0.25) is 0 Å². The molecule has 27 heavy (non-hydrogen) atoms. The molecule has 5 nitrogen and oxygen atoms in total. The molecule has 4 heterocycles. The minimum Gasteiger partial charge on any atom is -0.449 e. The highest BCUT2D eigenvalue weighted by atomic mass is 35.5. The number of anilines is 1. The van der Waals surface area contributed by atoms with E-state index in [2.05, 4.69) is 15.2 Å².